The van der Waals surface area contributed by atoms with Gasteiger partial charge in [0.1, 0.15) is 30.5 Å². The number of hydrogen-bond donors (Lipinski definition) is 5. The summed E-state index contributed by atoms with van der Waals surface area (Å²) in [5.74, 6) is 0.597. The van der Waals surface area contributed by atoms with Gasteiger partial charge in [0, 0.05) is 11.3 Å². The van der Waals surface area contributed by atoms with Gasteiger partial charge in [-0.2, -0.15) is 0 Å². The molecule has 0 amide bonds. The Morgan fingerprint density at radius 1 is 1.08 bits per heavy atom. The van der Waals surface area contributed by atoms with Gasteiger partial charge in [-0.3, -0.25) is 4.57 Å². The molecule has 0 saturated carbocycles. The van der Waals surface area contributed by atoms with Crippen molar-refractivity contribution in [2.45, 2.75) is 24.5 Å². The van der Waals surface area contributed by atoms with E-state index in [0.717, 1.165) is 0 Å². The Kier molecular flexibility index (Phi) is 3.96. The van der Waals surface area contributed by atoms with Gasteiger partial charge in [-0.15, -0.1) is 0 Å². The maximum atomic E-state index is 10.4. The van der Waals surface area contributed by atoms with E-state index < -0.39 is 31.1 Å². The molecule has 3 aromatic rings. The van der Waals surface area contributed by atoms with Crippen LogP contribution in [0.3, 0.4) is 0 Å². The number of ether oxygens (including phenoxy) is 1. The highest BCUT2D eigenvalue weighted by molar-refractivity contribution is 5.85. The van der Waals surface area contributed by atoms with Crippen LogP contribution in [-0.2, 0) is 4.74 Å². The largest absolute Gasteiger partial charge is 0.399 e. The van der Waals surface area contributed by atoms with Crippen molar-refractivity contribution in [3.05, 3.63) is 30.6 Å². The lowest BCUT2D eigenvalue weighted by Crippen LogP contribution is -2.33. The van der Waals surface area contributed by atoms with Crippen LogP contribution in [0, 0.1) is 0 Å². The van der Waals surface area contributed by atoms with E-state index in [4.69, 9.17) is 16.2 Å². The number of imidazole rings is 1. The Balaban J connectivity index is 1.93. The number of nitrogens with two attached hydrogens (primary N) is 2. The van der Waals surface area contributed by atoms with Crippen LogP contribution in [0.4, 0.5) is 11.5 Å². The molecule has 1 aromatic carbocycles. The molecule has 0 aliphatic carbocycles. The third-order valence-corrected chi connectivity index (χ3v) is 4.45. The normalized spacial score (nSPS) is 25.8. The molecule has 10 nitrogen and oxygen atoms in total. The number of anilines is 2. The summed E-state index contributed by atoms with van der Waals surface area (Å²) >= 11 is 0. The molecule has 10 heteroatoms. The van der Waals surface area contributed by atoms with Crippen LogP contribution in [0.25, 0.3) is 22.6 Å². The van der Waals surface area contributed by atoms with Crippen LogP contribution < -0.4 is 11.5 Å². The molecule has 0 spiro atoms. The zero-order valence-electron chi connectivity index (χ0n) is 13.6. The van der Waals surface area contributed by atoms with E-state index in [1.165, 1.54) is 6.33 Å². The van der Waals surface area contributed by atoms with Gasteiger partial charge in [0.05, 0.1) is 6.61 Å². The van der Waals surface area contributed by atoms with Crippen LogP contribution in [0.15, 0.2) is 30.6 Å². The summed E-state index contributed by atoms with van der Waals surface area (Å²) in [4.78, 5) is 12.7. The third-order valence-electron chi connectivity index (χ3n) is 4.45. The van der Waals surface area contributed by atoms with Crippen LogP contribution >= 0.6 is 0 Å². The number of aliphatic hydroxyl groups is 3. The predicted molar refractivity (Wildman–Crippen MR) is 92.6 cm³/mol. The SMILES string of the molecule is Nc1ccc(-c2nc3c(N)ncnc3n2C2OC(CO)C(O)C2O)cc1. The summed E-state index contributed by atoms with van der Waals surface area (Å²) in [6, 6.07) is 6.95. The molecule has 1 aliphatic rings. The quantitative estimate of drug-likeness (QED) is 0.379. The molecule has 26 heavy (non-hydrogen) atoms. The summed E-state index contributed by atoms with van der Waals surface area (Å²) in [7, 11) is 0. The van der Waals surface area contributed by atoms with Crippen molar-refractivity contribution in [1.82, 2.24) is 19.5 Å². The Hall–Kier alpha value is -2.79. The van der Waals surface area contributed by atoms with Crippen molar-refractivity contribution in [3.63, 3.8) is 0 Å². The van der Waals surface area contributed by atoms with E-state index in [0.29, 0.717) is 28.2 Å². The van der Waals surface area contributed by atoms with Crippen LogP contribution in [0.5, 0.6) is 0 Å². The first-order valence-electron chi connectivity index (χ1n) is 7.98. The minimum absolute atomic E-state index is 0.178. The monoisotopic (exact) mass is 358 g/mol. The van der Waals surface area contributed by atoms with E-state index in [1.54, 1.807) is 28.8 Å². The van der Waals surface area contributed by atoms with Crippen LogP contribution in [0.1, 0.15) is 6.23 Å². The maximum absolute atomic E-state index is 10.4. The summed E-state index contributed by atoms with van der Waals surface area (Å²) in [5, 5.41) is 29.9. The summed E-state index contributed by atoms with van der Waals surface area (Å²) in [5.41, 5.74) is 13.6. The predicted octanol–water partition coefficient (Wildman–Crippen LogP) is -0.731. The highest BCUT2D eigenvalue weighted by atomic mass is 16.6. The van der Waals surface area contributed by atoms with E-state index in [1.807, 2.05) is 0 Å². The molecule has 0 bridgehead atoms. The molecule has 1 fully saturated rings. The average Bonchev–Trinajstić information content (AvgIpc) is 3.15. The van der Waals surface area contributed by atoms with Gasteiger partial charge in [-0.25, -0.2) is 15.0 Å². The van der Waals surface area contributed by atoms with Crippen molar-refractivity contribution in [2.24, 2.45) is 0 Å². The Bertz CT molecular complexity index is 944. The number of hydrogen-bond acceptors (Lipinski definition) is 9. The lowest BCUT2D eigenvalue weighted by atomic mass is 10.1. The smallest absolute Gasteiger partial charge is 0.168 e. The maximum Gasteiger partial charge on any atom is 0.168 e. The lowest BCUT2D eigenvalue weighted by molar-refractivity contribution is -0.0503. The fraction of sp³-hybridized carbons (Fsp3) is 0.312. The van der Waals surface area contributed by atoms with E-state index >= 15 is 0 Å². The molecule has 136 valence electrons. The van der Waals surface area contributed by atoms with E-state index in [9.17, 15) is 15.3 Å². The van der Waals surface area contributed by atoms with Crippen molar-refractivity contribution in [2.75, 3.05) is 18.1 Å². The van der Waals surface area contributed by atoms with Crippen molar-refractivity contribution in [3.8, 4) is 11.4 Å². The summed E-state index contributed by atoms with van der Waals surface area (Å²) in [6.07, 6.45) is -3.18. The Morgan fingerprint density at radius 2 is 1.81 bits per heavy atom. The molecule has 1 aliphatic heterocycles. The van der Waals surface area contributed by atoms with E-state index in [2.05, 4.69) is 15.0 Å². The van der Waals surface area contributed by atoms with Gasteiger partial charge in [0.15, 0.2) is 23.2 Å². The Morgan fingerprint density at radius 3 is 2.46 bits per heavy atom. The highest BCUT2D eigenvalue weighted by Gasteiger charge is 2.45. The first-order chi connectivity index (χ1) is 12.5. The molecular weight excluding hydrogens is 340 g/mol. The average molecular weight is 358 g/mol. The molecule has 3 heterocycles. The number of fused-ring (bicyclic) bond motifs is 1. The molecule has 4 atom stereocenters. The second-order valence-corrected chi connectivity index (χ2v) is 6.09. The fourth-order valence-corrected chi connectivity index (χ4v) is 3.10. The lowest BCUT2D eigenvalue weighted by Gasteiger charge is -2.19. The van der Waals surface area contributed by atoms with E-state index in [-0.39, 0.29) is 5.82 Å². The zero-order chi connectivity index (χ0) is 18.4. The number of nitrogens with zero attached hydrogens (tertiary/aromatic N) is 4. The number of rotatable bonds is 3. The van der Waals surface area contributed by atoms with Gasteiger partial charge in [0.25, 0.3) is 0 Å². The molecule has 4 unspecified atom stereocenters. The standard InChI is InChI=1S/C16H18N6O4/c17-8-3-1-7(2-4-8)14-21-10-13(18)19-6-20-15(10)22(14)16-12(25)11(24)9(5-23)26-16/h1-4,6,9,11-12,16,23-25H,5,17H2,(H2,18,19,20). The Labute approximate surface area is 147 Å². The molecular formula is C16H18N6O4. The summed E-state index contributed by atoms with van der Waals surface area (Å²) < 4.78 is 7.20. The van der Waals surface area contributed by atoms with Gasteiger partial charge < -0.3 is 31.5 Å². The highest BCUT2D eigenvalue weighted by Crippen LogP contribution is 2.36. The zero-order valence-corrected chi connectivity index (χ0v) is 13.6. The van der Waals surface area contributed by atoms with Gasteiger partial charge in [-0.05, 0) is 24.3 Å². The molecule has 0 radical (unpaired) electrons. The number of nitrogen functional groups attached to an aromatic ring is 2. The number of benzene rings is 1. The van der Waals surface area contributed by atoms with Crippen molar-refractivity contribution < 1.29 is 20.1 Å². The number of aromatic nitrogens is 4. The number of aliphatic hydroxyl groups excluding tert-OH is 3. The molecule has 1 saturated heterocycles. The van der Waals surface area contributed by atoms with Crippen molar-refractivity contribution in [1.29, 1.82) is 0 Å². The first-order valence-corrected chi connectivity index (χ1v) is 7.98. The van der Waals surface area contributed by atoms with Gasteiger partial charge in [0.2, 0.25) is 0 Å². The van der Waals surface area contributed by atoms with Gasteiger partial charge >= 0.3 is 0 Å². The van der Waals surface area contributed by atoms with Crippen molar-refractivity contribution >= 4 is 22.7 Å². The van der Waals surface area contributed by atoms with Gasteiger partial charge in [-0.1, -0.05) is 0 Å². The minimum atomic E-state index is -1.28. The third kappa shape index (κ3) is 2.47. The first kappa shape index (κ1) is 16.7. The van der Waals surface area contributed by atoms with Crippen LogP contribution in [0.2, 0.25) is 0 Å². The topological polar surface area (TPSA) is 166 Å². The van der Waals surface area contributed by atoms with Crippen LogP contribution in [-0.4, -0.2) is 59.8 Å². The second kappa shape index (κ2) is 6.18. The second-order valence-electron chi connectivity index (χ2n) is 6.09. The molecule has 4 rings (SSSR count). The molecule has 2 aromatic heterocycles. The fourth-order valence-electron chi connectivity index (χ4n) is 3.10. The minimum Gasteiger partial charge on any atom is -0.399 e. The molecule has 7 N–H and O–H groups in total. The summed E-state index contributed by atoms with van der Waals surface area (Å²) in [6.45, 7) is -0.435.